The molecule has 0 heterocycles. The lowest BCUT2D eigenvalue weighted by Crippen LogP contribution is -2.29. The average Bonchev–Trinajstić information content (AvgIpc) is 2.38. The molecular formula is C15H22N2O. The van der Waals surface area contributed by atoms with Crippen LogP contribution in [0, 0.1) is 11.3 Å². The van der Waals surface area contributed by atoms with Gasteiger partial charge in [-0.2, -0.15) is 5.26 Å². The van der Waals surface area contributed by atoms with Crippen LogP contribution in [0.25, 0.3) is 0 Å². The summed E-state index contributed by atoms with van der Waals surface area (Å²) in [4.78, 5) is 0. The predicted octanol–water partition coefficient (Wildman–Crippen LogP) is 3.32. The molecule has 98 valence electrons. The van der Waals surface area contributed by atoms with Crippen LogP contribution < -0.4 is 5.32 Å². The average molecular weight is 246 g/mol. The molecule has 0 radical (unpaired) electrons. The fourth-order valence-corrected chi connectivity index (χ4v) is 1.63. The maximum Gasteiger partial charge on any atom is 0.0766 e. The zero-order chi connectivity index (χ0) is 13.8. The molecule has 3 nitrogen and oxygen atoms in total. The first-order chi connectivity index (χ1) is 8.40. The number of methoxy groups -OCH3 is 1. The van der Waals surface area contributed by atoms with Crippen molar-refractivity contribution in [2.45, 2.75) is 45.3 Å². The Bertz CT molecular complexity index is 417. The van der Waals surface area contributed by atoms with E-state index < -0.39 is 5.41 Å². The minimum atomic E-state index is -0.441. The highest BCUT2D eigenvalue weighted by atomic mass is 16.5. The highest BCUT2D eigenvalue weighted by molar-refractivity contribution is 5.47. The van der Waals surface area contributed by atoms with Gasteiger partial charge in [-0.15, -0.1) is 0 Å². The number of benzene rings is 1. The van der Waals surface area contributed by atoms with Crippen molar-refractivity contribution in [3.63, 3.8) is 0 Å². The van der Waals surface area contributed by atoms with Crippen LogP contribution >= 0.6 is 0 Å². The quantitative estimate of drug-likeness (QED) is 0.866. The third-order valence-corrected chi connectivity index (χ3v) is 3.36. The standard InChI is InChI=1S/C15H22N2O/c1-11(12(2)18-5)17-14-8-6-13(7-9-14)15(3,4)10-16/h6-9,11-12,17H,1-5H3. The molecule has 0 amide bonds. The van der Waals surface area contributed by atoms with Gasteiger partial charge in [0, 0.05) is 18.8 Å². The van der Waals surface area contributed by atoms with E-state index in [0.29, 0.717) is 0 Å². The van der Waals surface area contributed by atoms with E-state index in [4.69, 9.17) is 10.00 Å². The lowest BCUT2D eigenvalue weighted by Gasteiger charge is -2.22. The Balaban J connectivity index is 2.76. The minimum Gasteiger partial charge on any atom is -0.380 e. The van der Waals surface area contributed by atoms with Crippen LogP contribution in [0.1, 0.15) is 33.3 Å². The number of nitrogens with zero attached hydrogens (tertiary/aromatic N) is 1. The van der Waals surface area contributed by atoms with Gasteiger partial charge < -0.3 is 10.1 Å². The Kier molecular flexibility index (Phi) is 4.75. The maximum absolute atomic E-state index is 9.08. The molecule has 0 fully saturated rings. The molecule has 0 aliphatic heterocycles. The van der Waals surface area contributed by atoms with Crippen LogP contribution in [0.4, 0.5) is 5.69 Å². The van der Waals surface area contributed by atoms with E-state index in [9.17, 15) is 0 Å². The molecule has 0 spiro atoms. The van der Waals surface area contributed by atoms with E-state index in [-0.39, 0.29) is 12.1 Å². The number of nitriles is 1. The van der Waals surface area contributed by atoms with Gasteiger partial charge in [-0.05, 0) is 45.4 Å². The first-order valence-corrected chi connectivity index (χ1v) is 6.22. The Morgan fingerprint density at radius 3 is 2.22 bits per heavy atom. The minimum absolute atomic E-state index is 0.153. The highest BCUT2D eigenvalue weighted by Crippen LogP contribution is 2.23. The summed E-state index contributed by atoms with van der Waals surface area (Å²) in [6.07, 6.45) is 0.153. The number of hydrogen-bond acceptors (Lipinski definition) is 3. The van der Waals surface area contributed by atoms with Crippen molar-refractivity contribution < 1.29 is 4.74 Å². The predicted molar refractivity (Wildman–Crippen MR) is 74.6 cm³/mol. The summed E-state index contributed by atoms with van der Waals surface area (Å²) < 4.78 is 5.27. The Morgan fingerprint density at radius 2 is 1.78 bits per heavy atom. The molecule has 1 aromatic rings. The van der Waals surface area contributed by atoms with Crippen LogP contribution in [0.5, 0.6) is 0 Å². The number of hydrogen-bond donors (Lipinski definition) is 1. The summed E-state index contributed by atoms with van der Waals surface area (Å²) in [6.45, 7) is 7.96. The topological polar surface area (TPSA) is 45.0 Å². The van der Waals surface area contributed by atoms with E-state index in [1.54, 1.807) is 7.11 Å². The molecule has 1 aromatic carbocycles. The summed E-state index contributed by atoms with van der Waals surface area (Å²) in [5, 5.41) is 12.5. The first-order valence-electron chi connectivity index (χ1n) is 6.22. The van der Waals surface area contributed by atoms with Crippen molar-refractivity contribution in [3.8, 4) is 6.07 Å². The van der Waals surface area contributed by atoms with Gasteiger partial charge in [-0.1, -0.05) is 12.1 Å². The van der Waals surface area contributed by atoms with Crippen LogP contribution in [0.15, 0.2) is 24.3 Å². The lowest BCUT2D eigenvalue weighted by molar-refractivity contribution is 0.106. The smallest absolute Gasteiger partial charge is 0.0766 e. The van der Waals surface area contributed by atoms with Crippen LogP contribution in [-0.4, -0.2) is 19.3 Å². The maximum atomic E-state index is 9.08. The van der Waals surface area contributed by atoms with Crippen molar-refractivity contribution in [1.29, 1.82) is 5.26 Å². The van der Waals surface area contributed by atoms with E-state index >= 15 is 0 Å². The van der Waals surface area contributed by atoms with Gasteiger partial charge in [0.15, 0.2) is 0 Å². The second kappa shape index (κ2) is 5.88. The van der Waals surface area contributed by atoms with E-state index in [1.165, 1.54) is 0 Å². The molecule has 0 aromatic heterocycles. The normalized spacial score (nSPS) is 14.7. The van der Waals surface area contributed by atoms with Crippen molar-refractivity contribution in [3.05, 3.63) is 29.8 Å². The molecule has 0 bridgehead atoms. The molecule has 1 N–H and O–H groups in total. The highest BCUT2D eigenvalue weighted by Gasteiger charge is 2.19. The molecule has 18 heavy (non-hydrogen) atoms. The molecule has 2 atom stereocenters. The zero-order valence-corrected chi connectivity index (χ0v) is 11.8. The monoisotopic (exact) mass is 246 g/mol. The second-order valence-corrected chi connectivity index (χ2v) is 5.19. The van der Waals surface area contributed by atoms with Crippen molar-refractivity contribution in [2.75, 3.05) is 12.4 Å². The number of nitrogens with one attached hydrogen (secondary N) is 1. The number of anilines is 1. The van der Waals surface area contributed by atoms with Crippen molar-refractivity contribution >= 4 is 5.69 Å². The van der Waals surface area contributed by atoms with E-state index in [1.807, 2.05) is 45.0 Å². The molecule has 2 unspecified atom stereocenters. The lowest BCUT2D eigenvalue weighted by atomic mass is 9.86. The molecule has 0 aliphatic carbocycles. The third kappa shape index (κ3) is 3.48. The first kappa shape index (κ1) is 14.5. The number of ether oxygens (including phenoxy) is 1. The Hall–Kier alpha value is -1.53. The Morgan fingerprint density at radius 1 is 1.22 bits per heavy atom. The van der Waals surface area contributed by atoms with Crippen molar-refractivity contribution in [2.24, 2.45) is 0 Å². The zero-order valence-electron chi connectivity index (χ0n) is 11.8. The second-order valence-electron chi connectivity index (χ2n) is 5.19. The van der Waals surface area contributed by atoms with Gasteiger partial charge in [-0.3, -0.25) is 0 Å². The van der Waals surface area contributed by atoms with Gasteiger partial charge >= 0.3 is 0 Å². The number of rotatable bonds is 5. The van der Waals surface area contributed by atoms with Gasteiger partial charge in [0.1, 0.15) is 0 Å². The molecule has 0 aliphatic rings. The summed E-state index contributed by atoms with van der Waals surface area (Å²) >= 11 is 0. The van der Waals surface area contributed by atoms with Crippen LogP contribution in [-0.2, 0) is 10.2 Å². The summed E-state index contributed by atoms with van der Waals surface area (Å²) in [6, 6.07) is 10.6. The van der Waals surface area contributed by atoms with Crippen LogP contribution in [0.2, 0.25) is 0 Å². The fraction of sp³-hybridized carbons (Fsp3) is 0.533. The molecule has 0 saturated heterocycles. The van der Waals surface area contributed by atoms with Crippen molar-refractivity contribution in [1.82, 2.24) is 0 Å². The fourth-order valence-electron chi connectivity index (χ4n) is 1.63. The molecule has 1 rings (SSSR count). The third-order valence-electron chi connectivity index (χ3n) is 3.36. The molecule has 3 heteroatoms. The van der Waals surface area contributed by atoms with Gasteiger partial charge in [-0.25, -0.2) is 0 Å². The largest absolute Gasteiger partial charge is 0.380 e. The van der Waals surface area contributed by atoms with Gasteiger partial charge in [0.05, 0.1) is 17.6 Å². The van der Waals surface area contributed by atoms with E-state index in [0.717, 1.165) is 11.3 Å². The summed E-state index contributed by atoms with van der Waals surface area (Å²) in [7, 11) is 1.71. The Labute approximate surface area is 110 Å². The SMILES string of the molecule is COC(C)C(C)Nc1ccc(C(C)(C)C#N)cc1. The van der Waals surface area contributed by atoms with E-state index in [2.05, 4.69) is 18.3 Å². The summed E-state index contributed by atoms with van der Waals surface area (Å²) in [5.74, 6) is 0. The van der Waals surface area contributed by atoms with Gasteiger partial charge in [0.25, 0.3) is 0 Å². The van der Waals surface area contributed by atoms with Gasteiger partial charge in [0.2, 0.25) is 0 Å². The molecular weight excluding hydrogens is 224 g/mol. The van der Waals surface area contributed by atoms with Crippen LogP contribution in [0.3, 0.4) is 0 Å². The summed E-state index contributed by atoms with van der Waals surface area (Å²) in [5.41, 5.74) is 1.64. The molecule has 0 saturated carbocycles.